The number of benzene rings is 5. The summed E-state index contributed by atoms with van der Waals surface area (Å²) in [5.41, 5.74) is 15.9. The van der Waals surface area contributed by atoms with Crippen LogP contribution < -0.4 is 0 Å². The molecule has 0 radical (unpaired) electrons. The minimum Gasteiger partial charge on any atom is 0 e. The van der Waals surface area contributed by atoms with Crippen molar-refractivity contribution in [1.82, 2.24) is 9.97 Å². The monoisotopic (exact) mass is 970 g/mol. The van der Waals surface area contributed by atoms with Gasteiger partial charge in [-0.2, -0.15) is 0 Å². The minimum absolute atomic E-state index is 0. The van der Waals surface area contributed by atoms with Crippen LogP contribution in [-0.4, -0.2) is 29.6 Å². The second kappa shape index (κ2) is 15.1. The van der Waals surface area contributed by atoms with Gasteiger partial charge in [0.1, 0.15) is 0 Å². The Balaban J connectivity index is 0.00000514. The molecule has 0 aliphatic rings. The van der Waals surface area contributed by atoms with E-state index in [2.05, 4.69) is 173 Å². The molecule has 5 heteroatoms. The summed E-state index contributed by atoms with van der Waals surface area (Å²) in [7, 11) is 0. The van der Waals surface area contributed by atoms with Crippen molar-refractivity contribution in [2.75, 3.05) is 0 Å². The number of phenolic OH excluding ortho intramolecular Hbond substituents is 1. The largest absolute Gasteiger partial charge is 0 e. The molecule has 7 aromatic rings. The van der Waals surface area contributed by atoms with Crippen molar-refractivity contribution in [3.05, 3.63) is 137 Å². The second-order valence-corrected chi connectivity index (χ2v) is 19.9. The molecule has 1 N–H and O–H groups in total. The van der Waals surface area contributed by atoms with Gasteiger partial charge in [-0.05, 0) is 0 Å². The summed E-state index contributed by atoms with van der Waals surface area (Å²) in [6.07, 6.45) is 1.90. The van der Waals surface area contributed by atoms with Gasteiger partial charge in [0, 0.05) is 21.1 Å². The van der Waals surface area contributed by atoms with Gasteiger partial charge < -0.3 is 0 Å². The van der Waals surface area contributed by atoms with Crippen LogP contribution in [0, 0.1) is 19.9 Å². The van der Waals surface area contributed by atoms with Crippen LogP contribution in [0.25, 0.3) is 64.5 Å². The molecule has 0 amide bonds. The van der Waals surface area contributed by atoms with Crippen molar-refractivity contribution in [1.29, 1.82) is 0 Å². The molecule has 0 spiro atoms. The van der Waals surface area contributed by atoms with Gasteiger partial charge in [0.25, 0.3) is 0 Å². The van der Waals surface area contributed by atoms with Crippen LogP contribution in [0.3, 0.4) is 0 Å². The van der Waals surface area contributed by atoms with E-state index in [9.17, 15) is 5.11 Å². The SMILES string of the molecule is Cc1cccc(C)c1-c1ccc(-c2[c-]c(-c3cc(-c4ccccc4)ccn3)cc(C(C)(C)C)c2)c2nc(-c3cc(C(C)(C)C)cc(C(C)(C)C)c3O)[se]c12.[Pt]. The molecule has 0 saturated carbocycles. The van der Waals surface area contributed by atoms with Gasteiger partial charge in [0.2, 0.25) is 0 Å². The fraction of sp³-hybridized carbons (Fsp3) is 0.280. The van der Waals surface area contributed by atoms with Crippen molar-refractivity contribution in [2.45, 2.75) is 92.4 Å². The normalized spacial score (nSPS) is 12.2. The van der Waals surface area contributed by atoms with Crippen molar-refractivity contribution >= 4 is 24.3 Å². The van der Waals surface area contributed by atoms with Crippen LogP contribution in [0.1, 0.15) is 90.1 Å². The van der Waals surface area contributed by atoms with E-state index >= 15 is 0 Å². The van der Waals surface area contributed by atoms with E-state index in [1.165, 1.54) is 37.6 Å². The average Bonchev–Trinajstić information content (AvgIpc) is 3.56. The maximum Gasteiger partial charge on any atom is 0 e. The zero-order valence-corrected chi connectivity index (χ0v) is 37.9. The number of nitrogens with zero attached hydrogens (tertiary/aromatic N) is 2. The van der Waals surface area contributed by atoms with E-state index < -0.39 is 0 Å². The molecular weight excluding hydrogens is 919 g/mol. The van der Waals surface area contributed by atoms with Crippen LogP contribution in [0.5, 0.6) is 5.75 Å². The topological polar surface area (TPSA) is 46.0 Å². The third-order valence-corrected chi connectivity index (χ3v) is 12.8. The van der Waals surface area contributed by atoms with E-state index in [0.717, 1.165) is 54.7 Å². The summed E-state index contributed by atoms with van der Waals surface area (Å²) in [5.74, 6) is 0.340. The van der Waals surface area contributed by atoms with Crippen molar-refractivity contribution in [3.8, 4) is 60.5 Å². The number of rotatable bonds is 5. The Labute approximate surface area is 348 Å². The average molecular weight is 970 g/mol. The van der Waals surface area contributed by atoms with Gasteiger partial charge in [-0.1, -0.05) is 6.07 Å². The molecule has 0 unspecified atom stereocenters. The molecule has 7 rings (SSSR count). The first-order valence-corrected chi connectivity index (χ1v) is 20.6. The van der Waals surface area contributed by atoms with E-state index in [1.807, 2.05) is 12.3 Å². The summed E-state index contributed by atoms with van der Waals surface area (Å²) in [5, 5.41) is 12.0. The van der Waals surface area contributed by atoms with E-state index in [0.29, 0.717) is 5.75 Å². The molecule has 0 atom stereocenters. The molecule has 2 aromatic heterocycles. The maximum atomic E-state index is 12.0. The van der Waals surface area contributed by atoms with Crippen LogP contribution in [-0.2, 0) is 37.3 Å². The molecule has 284 valence electrons. The van der Waals surface area contributed by atoms with Crippen molar-refractivity contribution in [3.63, 3.8) is 0 Å². The van der Waals surface area contributed by atoms with E-state index in [-0.39, 0.29) is 51.8 Å². The molecule has 0 aliphatic heterocycles. The van der Waals surface area contributed by atoms with Crippen molar-refractivity contribution < 1.29 is 26.2 Å². The van der Waals surface area contributed by atoms with Gasteiger partial charge in [0.15, 0.2) is 0 Å². The molecular formula is C50H51N2OPtSe-. The summed E-state index contributed by atoms with van der Waals surface area (Å²) in [4.78, 5) is 10.4. The van der Waals surface area contributed by atoms with Crippen LogP contribution in [0.2, 0.25) is 0 Å². The number of aromatic nitrogens is 2. The minimum atomic E-state index is -0.238. The fourth-order valence-corrected chi connectivity index (χ4v) is 9.62. The smallest absolute Gasteiger partial charge is 0 e. The Morgan fingerprint density at radius 3 is 1.85 bits per heavy atom. The summed E-state index contributed by atoms with van der Waals surface area (Å²) < 4.78 is 2.20. The third-order valence-electron chi connectivity index (χ3n) is 10.5. The van der Waals surface area contributed by atoms with E-state index in [4.69, 9.17) is 9.97 Å². The fourth-order valence-electron chi connectivity index (χ4n) is 7.25. The van der Waals surface area contributed by atoms with Gasteiger partial charge >= 0.3 is 323 Å². The quantitative estimate of drug-likeness (QED) is 0.138. The van der Waals surface area contributed by atoms with Gasteiger partial charge in [-0.15, -0.1) is 0 Å². The zero-order chi connectivity index (χ0) is 38.7. The van der Waals surface area contributed by atoms with Gasteiger partial charge in [-0.3, -0.25) is 0 Å². The molecule has 0 aliphatic carbocycles. The Hall–Kier alpha value is -4.07. The standard InChI is InChI=1S/C50H51N2OSe.Pt/c1-30-16-15-17-31(2)43(30)39-21-20-38(44-46(39)54-47(52-44)40-28-37(49(6,7)8)29-41(45(40)53)50(9,10)11)34-24-35(26-36(25-34)48(3,4)5)42-27-33(22-23-51-42)32-18-13-12-14-19-32;/h12-23,25-29,53H,1-11H3;/q-1;. The van der Waals surface area contributed by atoms with Crippen molar-refractivity contribution in [2.24, 2.45) is 0 Å². The number of aromatic hydroxyl groups is 1. The van der Waals surface area contributed by atoms with Gasteiger partial charge in [-0.25, -0.2) is 0 Å². The number of pyridine rings is 1. The zero-order valence-electron chi connectivity index (χ0n) is 33.9. The molecule has 5 aromatic carbocycles. The first kappa shape index (κ1) is 40.6. The Kier molecular flexibility index (Phi) is 11.2. The summed E-state index contributed by atoms with van der Waals surface area (Å²) in [6, 6.07) is 38.5. The first-order valence-electron chi connectivity index (χ1n) is 18.9. The summed E-state index contributed by atoms with van der Waals surface area (Å²) >= 11 is -0.172. The summed E-state index contributed by atoms with van der Waals surface area (Å²) in [6.45, 7) is 24.4. The number of aryl methyl sites for hydroxylation is 2. The third kappa shape index (κ3) is 8.11. The molecule has 2 heterocycles. The first-order chi connectivity index (χ1) is 25.4. The van der Waals surface area contributed by atoms with Gasteiger partial charge in [0.05, 0.1) is 0 Å². The number of fused-ring (bicyclic) bond motifs is 1. The van der Waals surface area contributed by atoms with Crippen LogP contribution in [0.4, 0.5) is 0 Å². The predicted molar refractivity (Wildman–Crippen MR) is 230 cm³/mol. The van der Waals surface area contributed by atoms with Crippen LogP contribution in [0.15, 0.2) is 103 Å². The molecule has 0 saturated heterocycles. The van der Waals surface area contributed by atoms with Crippen LogP contribution >= 0.6 is 0 Å². The Morgan fingerprint density at radius 2 is 1.22 bits per heavy atom. The second-order valence-electron chi connectivity index (χ2n) is 17.8. The number of hydrogen-bond donors (Lipinski definition) is 1. The number of hydrogen-bond acceptors (Lipinski definition) is 3. The molecule has 55 heavy (non-hydrogen) atoms. The molecule has 3 nitrogen and oxygen atoms in total. The van der Waals surface area contributed by atoms with E-state index in [1.54, 1.807) is 0 Å². The molecule has 0 fully saturated rings. The number of phenols is 1. The maximum absolute atomic E-state index is 12.0. The Bertz CT molecular complexity index is 2510. The predicted octanol–water partition coefficient (Wildman–Crippen LogP) is 13.0. The molecule has 0 bridgehead atoms. The Morgan fingerprint density at radius 1 is 0.600 bits per heavy atom.